The lowest BCUT2D eigenvalue weighted by Gasteiger charge is -2.12. The summed E-state index contributed by atoms with van der Waals surface area (Å²) in [6.45, 7) is 2.79. The van der Waals surface area contributed by atoms with Gasteiger partial charge in [-0.25, -0.2) is 4.98 Å². The number of aromatic nitrogens is 2. The van der Waals surface area contributed by atoms with Crippen LogP contribution < -0.4 is 5.73 Å². The fourth-order valence-corrected chi connectivity index (χ4v) is 2.79. The maximum atomic E-state index is 5.82. The Morgan fingerprint density at radius 3 is 2.64 bits per heavy atom. The lowest BCUT2D eigenvalue weighted by atomic mass is 10.1. The number of hydrogen-bond donors (Lipinski definition) is 1. The molecule has 2 aromatic carbocycles. The van der Waals surface area contributed by atoms with Crippen LogP contribution in [-0.2, 0) is 6.54 Å². The van der Waals surface area contributed by atoms with Gasteiger partial charge in [-0.3, -0.25) is 0 Å². The van der Waals surface area contributed by atoms with E-state index in [0.29, 0.717) is 11.5 Å². The normalized spacial score (nSPS) is 10.6. The summed E-state index contributed by atoms with van der Waals surface area (Å²) in [4.78, 5) is 4.94. The SMILES string of the molecule is Cc1ccccc1-c1nccn1Cc1ccccc1C(N)=S. The summed E-state index contributed by atoms with van der Waals surface area (Å²) >= 11 is 5.15. The summed E-state index contributed by atoms with van der Waals surface area (Å²) in [7, 11) is 0. The number of hydrogen-bond acceptors (Lipinski definition) is 2. The Bertz CT molecular complexity index is 820. The summed E-state index contributed by atoms with van der Waals surface area (Å²) in [5.74, 6) is 0.954. The van der Waals surface area contributed by atoms with Gasteiger partial charge in [-0.05, 0) is 18.1 Å². The molecule has 0 aliphatic carbocycles. The molecule has 0 spiro atoms. The van der Waals surface area contributed by atoms with Crippen molar-refractivity contribution in [3.05, 3.63) is 77.6 Å². The molecule has 0 bridgehead atoms. The summed E-state index contributed by atoms with van der Waals surface area (Å²) in [5.41, 5.74) is 10.2. The number of rotatable bonds is 4. The zero-order chi connectivity index (χ0) is 15.5. The van der Waals surface area contributed by atoms with Gasteiger partial charge in [-0.15, -0.1) is 0 Å². The van der Waals surface area contributed by atoms with Crippen LogP contribution in [-0.4, -0.2) is 14.5 Å². The molecule has 0 amide bonds. The first-order chi connectivity index (χ1) is 10.7. The average Bonchev–Trinajstić information content (AvgIpc) is 2.96. The van der Waals surface area contributed by atoms with Crippen molar-refractivity contribution in [1.29, 1.82) is 0 Å². The Morgan fingerprint density at radius 2 is 1.86 bits per heavy atom. The maximum Gasteiger partial charge on any atom is 0.140 e. The van der Waals surface area contributed by atoms with Gasteiger partial charge in [0.2, 0.25) is 0 Å². The third-order valence-electron chi connectivity index (χ3n) is 3.72. The van der Waals surface area contributed by atoms with E-state index in [1.807, 2.05) is 42.7 Å². The Balaban J connectivity index is 2.01. The molecule has 0 aliphatic rings. The standard InChI is InChI=1S/C18H17N3S/c1-13-6-2-4-8-15(13)18-20-10-11-21(18)12-14-7-3-5-9-16(14)17(19)22/h2-11H,12H2,1H3,(H2,19,22). The molecule has 0 aliphatic heterocycles. The molecule has 110 valence electrons. The van der Waals surface area contributed by atoms with Gasteiger partial charge in [0.1, 0.15) is 10.8 Å². The minimum atomic E-state index is 0.424. The van der Waals surface area contributed by atoms with Crippen LogP contribution in [0.4, 0.5) is 0 Å². The Morgan fingerprint density at radius 1 is 1.14 bits per heavy atom. The number of nitrogens with two attached hydrogens (primary N) is 1. The number of imidazole rings is 1. The molecule has 0 saturated heterocycles. The first-order valence-electron chi connectivity index (χ1n) is 7.11. The highest BCUT2D eigenvalue weighted by atomic mass is 32.1. The van der Waals surface area contributed by atoms with Crippen molar-refractivity contribution in [3.8, 4) is 11.4 Å². The lowest BCUT2D eigenvalue weighted by molar-refractivity contribution is 0.805. The molecule has 22 heavy (non-hydrogen) atoms. The van der Waals surface area contributed by atoms with Gasteiger partial charge in [-0.1, -0.05) is 60.7 Å². The summed E-state index contributed by atoms with van der Waals surface area (Å²) in [5, 5.41) is 0. The van der Waals surface area contributed by atoms with Gasteiger partial charge in [0, 0.05) is 30.1 Å². The van der Waals surface area contributed by atoms with E-state index in [-0.39, 0.29) is 0 Å². The van der Waals surface area contributed by atoms with E-state index in [2.05, 4.69) is 34.7 Å². The van der Waals surface area contributed by atoms with Gasteiger partial charge in [-0.2, -0.15) is 0 Å². The van der Waals surface area contributed by atoms with Gasteiger partial charge >= 0.3 is 0 Å². The molecule has 1 aromatic heterocycles. The van der Waals surface area contributed by atoms with Crippen LogP contribution in [0.3, 0.4) is 0 Å². The van der Waals surface area contributed by atoms with Crippen molar-refractivity contribution in [3.63, 3.8) is 0 Å². The fraction of sp³-hybridized carbons (Fsp3) is 0.111. The number of nitrogens with zero attached hydrogens (tertiary/aromatic N) is 2. The van der Waals surface area contributed by atoms with Crippen LogP contribution in [0.5, 0.6) is 0 Å². The molecule has 3 nitrogen and oxygen atoms in total. The van der Waals surface area contributed by atoms with Crippen LogP contribution >= 0.6 is 12.2 Å². The van der Waals surface area contributed by atoms with E-state index in [0.717, 1.165) is 22.5 Å². The molecule has 0 atom stereocenters. The molecule has 1 heterocycles. The molecule has 4 heteroatoms. The average molecular weight is 307 g/mol. The fourth-order valence-electron chi connectivity index (χ4n) is 2.59. The molecule has 0 unspecified atom stereocenters. The second-order valence-corrected chi connectivity index (χ2v) is 5.65. The monoisotopic (exact) mass is 307 g/mol. The quantitative estimate of drug-likeness (QED) is 0.750. The van der Waals surface area contributed by atoms with Crippen molar-refractivity contribution in [2.45, 2.75) is 13.5 Å². The van der Waals surface area contributed by atoms with Crippen LogP contribution in [0.2, 0.25) is 0 Å². The third-order valence-corrected chi connectivity index (χ3v) is 3.94. The first-order valence-corrected chi connectivity index (χ1v) is 7.52. The van der Waals surface area contributed by atoms with Crippen LogP contribution in [0.1, 0.15) is 16.7 Å². The van der Waals surface area contributed by atoms with E-state index in [9.17, 15) is 0 Å². The third kappa shape index (κ3) is 2.78. The molecule has 3 rings (SSSR count). The molecule has 2 N–H and O–H groups in total. The Hall–Kier alpha value is -2.46. The van der Waals surface area contributed by atoms with Crippen molar-refractivity contribution < 1.29 is 0 Å². The summed E-state index contributed by atoms with van der Waals surface area (Å²) in [6, 6.07) is 16.2. The van der Waals surface area contributed by atoms with Gasteiger partial charge in [0.05, 0.1) is 0 Å². The topological polar surface area (TPSA) is 43.8 Å². The van der Waals surface area contributed by atoms with E-state index in [4.69, 9.17) is 18.0 Å². The van der Waals surface area contributed by atoms with Crippen LogP contribution in [0.15, 0.2) is 60.9 Å². The number of thiocarbonyl (C=S) groups is 1. The summed E-state index contributed by atoms with van der Waals surface area (Å²) < 4.78 is 2.12. The second-order valence-electron chi connectivity index (χ2n) is 5.22. The zero-order valence-electron chi connectivity index (χ0n) is 12.4. The van der Waals surface area contributed by atoms with E-state index >= 15 is 0 Å². The predicted molar refractivity (Wildman–Crippen MR) is 93.8 cm³/mol. The van der Waals surface area contributed by atoms with E-state index < -0.39 is 0 Å². The van der Waals surface area contributed by atoms with Gasteiger partial charge < -0.3 is 10.3 Å². The van der Waals surface area contributed by atoms with E-state index in [1.54, 1.807) is 0 Å². The predicted octanol–water partition coefficient (Wildman–Crippen LogP) is 3.54. The molecular formula is C18H17N3S. The second kappa shape index (κ2) is 6.12. The highest BCUT2D eigenvalue weighted by molar-refractivity contribution is 7.80. The lowest BCUT2D eigenvalue weighted by Crippen LogP contribution is -2.14. The summed E-state index contributed by atoms with van der Waals surface area (Å²) in [6.07, 6.45) is 3.81. The van der Waals surface area contributed by atoms with Crippen molar-refractivity contribution >= 4 is 17.2 Å². The maximum absolute atomic E-state index is 5.82. The molecular weight excluding hydrogens is 290 g/mol. The molecule has 0 radical (unpaired) electrons. The number of benzene rings is 2. The largest absolute Gasteiger partial charge is 0.389 e. The first kappa shape index (κ1) is 14.5. The smallest absolute Gasteiger partial charge is 0.140 e. The minimum Gasteiger partial charge on any atom is -0.389 e. The highest BCUT2D eigenvalue weighted by Gasteiger charge is 2.11. The Kier molecular flexibility index (Phi) is 4.02. The van der Waals surface area contributed by atoms with Crippen molar-refractivity contribution in [2.24, 2.45) is 5.73 Å². The minimum absolute atomic E-state index is 0.424. The zero-order valence-corrected chi connectivity index (χ0v) is 13.2. The van der Waals surface area contributed by atoms with Gasteiger partial charge in [0.25, 0.3) is 0 Å². The molecule has 3 aromatic rings. The van der Waals surface area contributed by atoms with Crippen molar-refractivity contribution in [1.82, 2.24) is 9.55 Å². The molecule has 0 fully saturated rings. The molecule has 0 saturated carbocycles. The number of aryl methyl sites for hydroxylation is 1. The Labute approximate surface area is 135 Å². The van der Waals surface area contributed by atoms with Crippen LogP contribution in [0.25, 0.3) is 11.4 Å². The highest BCUT2D eigenvalue weighted by Crippen LogP contribution is 2.22. The van der Waals surface area contributed by atoms with Crippen molar-refractivity contribution in [2.75, 3.05) is 0 Å². The van der Waals surface area contributed by atoms with Gasteiger partial charge in [0.15, 0.2) is 0 Å². The van der Waals surface area contributed by atoms with E-state index in [1.165, 1.54) is 5.56 Å². The van der Waals surface area contributed by atoms with Crippen LogP contribution in [0, 0.1) is 6.92 Å².